The van der Waals surface area contributed by atoms with E-state index in [1.54, 1.807) is 36.9 Å². The number of halogens is 1. The first-order valence-electron chi connectivity index (χ1n) is 7.67. The standard InChI is InChI=1S/C18H17FN4O.CH4/c19-17-4-2-14(3-5-17)15-10-16(12-21-11-15)18(24)22-6-1-8-23-9-7-20-13-23;/h2-5,7,9-13H,1,6,8H2,(H,22,24);1H4. The molecule has 1 amide bonds. The molecule has 0 radical (unpaired) electrons. The van der Waals surface area contributed by atoms with Gasteiger partial charge in [-0.25, -0.2) is 9.37 Å². The fourth-order valence-electron chi connectivity index (χ4n) is 2.35. The van der Waals surface area contributed by atoms with Crippen molar-refractivity contribution >= 4 is 5.91 Å². The van der Waals surface area contributed by atoms with Gasteiger partial charge in [-0.3, -0.25) is 9.78 Å². The molecule has 1 aromatic carbocycles. The Kier molecular flexibility index (Phi) is 6.39. The van der Waals surface area contributed by atoms with Gasteiger partial charge in [0, 0.05) is 43.4 Å². The maximum atomic E-state index is 13.0. The van der Waals surface area contributed by atoms with E-state index < -0.39 is 0 Å². The average molecular weight is 340 g/mol. The van der Waals surface area contributed by atoms with Crippen LogP contribution in [0.25, 0.3) is 11.1 Å². The van der Waals surface area contributed by atoms with Crippen molar-refractivity contribution in [3.05, 3.63) is 72.8 Å². The summed E-state index contributed by atoms with van der Waals surface area (Å²) in [5.74, 6) is -0.462. The molecule has 130 valence electrons. The van der Waals surface area contributed by atoms with Crippen LogP contribution in [0.4, 0.5) is 4.39 Å². The highest BCUT2D eigenvalue weighted by molar-refractivity contribution is 5.95. The van der Waals surface area contributed by atoms with Crippen molar-refractivity contribution in [2.75, 3.05) is 6.54 Å². The van der Waals surface area contributed by atoms with Gasteiger partial charge in [-0.1, -0.05) is 19.6 Å². The summed E-state index contributed by atoms with van der Waals surface area (Å²) in [4.78, 5) is 20.3. The summed E-state index contributed by atoms with van der Waals surface area (Å²) in [6, 6.07) is 7.86. The molecule has 0 bridgehead atoms. The molecule has 0 aliphatic rings. The van der Waals surface area contributed by atoms with Crippen LogP contribution >= 0.6 is 0 Å². The predicted molar refractivity (Wildman–Crippen MR) is 95.5 cm³/mol. The van der Waals surface area contributed by atoms with Crippen molar-refractivity contribution < 1.29 is 9.18 Å². The van der Waals surface area contributed by atoms with Gasteiger partial charge in [0.15, 0.2) is 0 Å². The smallest absolute Gasteiger partial charge is 0.252 e. The Balaban J connectivity index is 0.00000225. The van der Waals surface area contributed by atoms with Gasteiger partial charge in [0.05, 0.1) is 11.9 Å². The molecule has 2 heterocycles. The second-order valence-corrected chi connectivity index (χ2v) is 5.38. The van der Waals surface area contributed by atoms with Crippen LogP contribution in [-0.2, 0) is 6.54 Å². The zero-order chi connectivity index (χ0) is 16.8. The number of nitrogens with one attached hydrogen (secondary N) is 1. The van der Waals surface area contributed by atoms with Crippen LogP contribution in [0.3, 0.4) is 0 Å². The first-order valence-corrected chi connectivity index (χ1v) is 7.67. The van der Waals surface area contributed by atoms with Gasteiger partial charge in [0.1, 0.15) is 5.82 Å². The van der Waals surface area contributed by atoms with Crippen LogP contribution in [0.1, 0.15) is 24.2 Å². The van der Waals surface area contributed by atoms with Crippen LogP contribution in [0.5, 0.6) is 0 Å². The third-order valence-electron chi connectivity index (χ3n) is 3.62. The highest BCUT2D eigenvalue weighted by Gasteiger charge is 2.07. The number of aryl methyl sites for hydroxylation is 1. The Hall–Kier alpha value is -3.02. The van der Waals surface area contributed by atoms with E-state index in [-0.39, 0.29) is 19.2 Å². The fourth-order valence-corrected chi connectivity index (χ4v) is 2.35. The summed E-state index contributed by atoms with van der Waals surface area (Å²) in [5, 5.41) is 2.88. The van der Waals surface area contributed by atoms with Crippen molar-refractivity contribution in [2.24, 2.45) is 0 Å². The first kappa shape index (κ1) is 18.3. The van der Waals surface area contributed by atoms with E-state index in [9.17, 15) is 9.18 Å². The minimum absolute atomic E-state index is 0. The molecule has 0 saturated carbocycles. The largest absolute Gasteiger partial charge is 0.352 e. The van der Waals surface area contributed by atoms with Crippen molar-refractivity contribution in [3.63, 3.8) is 0 Å². The Morgan fingerprint density at radius 1 is 1.12 bits per heavy atom. The fraction of sp³-hybridized carbons (Fsp3) is 0.211. The van der Waals surface area contributed by atoms with Gasteiger partial charge in [-0.15, -0.1) is 0 Å². The summed E-state index contributed by atoms with van der Waals surface area (Å²) in [5.41, 5.74) is 2.08. The third-order valence-corrected chi connectivity index (χ3v) is 3.62. The van der Waals surface area contributed by atoms with Crippen LogP contribution < -0.4 is 5.32 Å². The lowest BCUT2D eigenvalue weighted by atomic mass is 10.1. The van der Waals surface area contributed by atoms with E-state index in [4.69, 9.17) is 0 Å². The molecule has 0 aliphatic carbocycles. The van der Waals surface area contributed by atoms with Crippen LogP contribution in [-0.4, -0.2) is 27.0 Å². The first-order chi connectivity index (χ1) is 11.7. The summed E-state index contributed by atoms with van der Waals surface area (Å²) >= 11 is 0. The van der Waals surface area contributed by atoms with Crippen molar-refractivity contribution in [1.29, 1.82) is 0 Å². The van der Waals surface area contributed by atoms with E-state index in [1.165, 1.54) is 18.3 Å². The molecule has 0 aliphatic heterocycles. The number of pyridine rings is 1. The Morgan fingerprint density at radius 3 is 2.64 bits per heavy atom. The van der Waals surface area contributed by atoms with Gasteiger partial charge >= 0.3 is 0 Å². The topological polar surface area (TPSA) is 59.8 Å². The molecule has 1 N–H and O–H groups in total. The van der Waals surface area contributed by atoms with Gasteiger partial charge in [0.2, 0.25) is 0 Å². The molecule has 0 fully saturated rings. The number of hydrogen-bond donors (Lipinski definition) is 1. The van der Waals surface area contributed by atoms with E-state index in [0.717, 1.165) is 24.1 Å². The van der Waals surface area contributed by atoms with Gasteiger partial charge in [-0.2, -0.15) is 0 Å². The zero-order valence-corrected chi connectivity index (χ0v) is 13.0. The molecule has 3 aromatic rings. The molecule has 0 atom stereocenters. The van der Waals surface area contributed by atoms with Gasteiger partial charge in [0.25, 0.3) is 5.91 Å². The minimum Gasteiger partial charge on any atom is -0.352 e. The highest BCUT2D eigenvalue weighted by Crippen LogP contribution is 2.19. The lowest BCUT2D eigenvalue weighted by molar-refractivity contribution is 0.0952. The number of carbonyl (C=O) groups is 1. The quantitative estimate of drug-likeness (QED) is 0.698. The molecule has 6 heteroatoms. The highest BCUT2D eigenvalue weighted by atomic mass is 19.1. The lowest BCUT2D eigenvalue weighted by Crippen LogP contribution is -2.25. The zero-order valence-electron chi connectivity index (χ0n) is 13.0. The van der Waals surface area contributed by atoms with E-state index in [1.807, 2.05) is 10.8 Å². The number of carbonyl (C=O) groups excluding carboxylic acids is 1. The summed E-state index contributed by atoms with van der Waals surface area (Å²) in [6.07, 6.45) is 9.36. The summed E-state index contributed by atoms with van der Waals surface area (Å²) in [6.45, 7) is 1.37. The predicted octanol–water partition coefficient (Wildman–Crippen LogP) is 3.54. The molecule has 2 aromatic heterocycles. The van der Waals surface area contributed by atoms with E-state index in [0.29, 0.717) is 12.1 Å². The number of hydrogen-bond acceptors (Lipinski definition) is 3. The summed E-state index contributed by atoms with van der Waals surface area (Å²) in [7, 11) is 0. The molecule has 0 spiro atoms. The third kappa shape index (κ3) is 4.97. The normalized spacial score (nSPS) is 10.1. The second-order valence-electron chi connectivity index (χ2n) is 5.38. The molecule has 5 nitrogen and oxygen atoms in total. The van der Waals surface area contributed by atoms with Crippen LogP contribution in [0.15, 0.2) is 61.4 Å². The van der Waals surface area contributed by atoms with Crippen LogP contribution in [0, 0.1) is 5.82 Å². The molecule has 3 rings (SSSR count). The van der Waals surface area contributed by atoms with Gasteiger partial charge in [-0.05, 0) is 30.2 Å². The Morgan fingerprint density at radius 2 is 1.92 bits per heavy atom. The SMILES string of the molecule is C.O=C(NCCCn1ccnc1)c1cncc(-c2ccc(F)cc2)c1. The number of imidazole rings is 1. The number of benzene rings is 1. The van der Waals surface area contributed by atoms with E-state index in [2.05, 4.69) is 15.3 Å². The number of amides is 1. The van der Waals surface area contributed by atoms with E-state index >= 15 is 0 Å². The van der Waals surface area contributed by atoms with Crippen molar-refractivity contribution in [1.82, 2.24) is 19.9 Å². The second kappa shape index (κ2) is 8.73. The molecular weight excluding hydrogens is 319 g/mol. The maximum absolute atomic E-state index is 13.0. The Labute approximate surface area is 146 Å². The van der Waals surface area contributed by atoms with Crippen LogP contribution in [0.2, 0.25) is 0 Å². The molecule has 0 saturated heterocycles. The molecule has 25 heavy (non-hydrogen) atoms. The molecule has 0 unspecified atom stereocenters. The van der Waals surface area contributed by atoms with Gasteiger partial charge < -0.3 is 9.88 Å². The number of aromatic nitrogens is 3. The molecular formula is C19H21FN4O. The number of nitrogens with zero attached hydrogens (tertiary/aromatic N) is 3. The number of rotatable bonds is 6. The monoisotopic (exact) mass is 340 g/mol. The average Bonchev–Trinajstić information content (AvgIpc) is 3.13. The van der Waals surface area contributed by atoms with Crippen molar-refractivity contribution in [2.45, 2.75) is 20.4 Å². The minimum atomic E-state index is -0.293. The summed E-state index contributed by atoms with van der Waals surface area (Å²) < 4.78 is 15.0. The maximum Gasteiger partial charge on any atom is 0.252 e. The van der Waals surface area contributed by atoms with Crippen molar-refractivity contribution in [3.8, 4) is 11.1 Å². The Bertz CT molecular complexity index is 801. The lowest BCUT2D eigenvalue weighted by Gasteiger charge is -2.07.